The van der Waals surface area contributed by atoms with Crippen LogP contribution in [0.25, 0.3) is 0 Å². The summed E-state index contributed by atoms with van der Waals surface area (Å²) >= 11 is 0. The van der Waals surface area contributed by atoms with Crippen LogP contribution in [0.2, 0.25) is 0 Å². The number of hydrogen-bond acceptors (Lipinski definition) is 4. The molecule has 1 aromatic rings. The summed E-state index contributed by atoms with van der Waals surface area (Å²) in [4.78, 5) is 13.3. The third-order valence-corrected chi connectivity index (χ3v) is 2.80. The number of nitrogens with zero attached hydrogens (tertiary/aromatic N) is 1. The van der Waals surface area contributed by atoms with Gasteiger partial charge in [-0.05, 0) is 19.2 Å². The average Bonchev–Trinajstić information content (AvgIpc) is 2.39. The first-order valence-corrected chi connectivity index (χ1v) is 5.97. The van der Waals surface area contributed by atoms with E-state index >= 15 is 0 Å². The Balaban J connectivity index is 1.91. The van der Waals surface area contributed by atoms with E-state index in [9.17, 15) is 4.79 Å². The van der Waals surface area contributed by atoms with Crippen molar-refractivity contribution in [2.24, 2.45) is 0 Å². The molecule has 1 heterocycles. The zero-order valence-electron chi connectivity index (χ0n) is 10.7. The maximum absolute atomic E-state index is 11.6. The van der Waals surface area contributed by atoms with Crippen molar-refractivity contribution in [1.82, 2.24) is 10.2 Å². The smallest absolute Gasteiger partial charge is 0.236 e. The number of likely N-dealkylation sites (N-methyl/N-ethyl adjacent to an activating group) is 2. The van der Waals surface area contributed by atoms with Crippen LogP contribution < -0.4 is 14.8 Å². The Morgan fingerprint density at radius 1 is 1.44 bits per heavy atom. The van der Waals surface area contributed by atoms with Gasteiger partial charge in [0, 0.05) is 7.05 Å². The molecule has 1 aliphatic rings. The lowest BCUT2D eigenvalue weighted by molar-refractivity contribution is -0.130. The highest BCUT2D eigenvalue weighted by molar-refractivity contribution is 5.77. The Hall–Kier alpha value is -1.75. The number of amides is 1. The van der Waals surface area contributed by atoms with E-state index < -0.39 is 0 Å². The van der Waals surface area contributed by atoms with Crippen LogP contribution in [0, 0.1) is 0 Å². The van der Waals surface area contributed by atoms with E-state index in [1.165, 1.54) is 0 Å². The number of ether oxygens (including phenoxy) is 2. The number of fused-ring (bicyclic) bond motifs is 1. The van der Waals surface area contributed by atoms with Crippen molar-refractivity contribution in [2.45, 2.75) is 6.10 Å². The second-order valence-corrected chi connectivity index (χ2v) is 4.30. The van der Waals surface area contributed by atoms with Gasteiger partial charge in [-0.15, -0.1) is 0 Å². The highest BCUT2D eigenvalue weighted by atomic mass is 16.6. The Morgan fingerprint density at radius 2 is 2.17 bits per heavy atom. The van der Waals surface area contributed by atoms with E-state index in [0.717, 1.165) is 11.5 Å². The maximum atomic E-state index is 11.6. The Bertz CT molecular complexity index is 422. The van der Waals surface area contributed by atoms with Crippen molar-refractivity contribution in [2.75, 3.05) is 33.8 Å². The van der Waals surface area contributed by atoms with Crippen LogP contribution >= 0.6 is 0 Å². The molecule has 1 amide bonds. The Kier molecular flexibility index (Phi) is 4.04. The lowest BCUT2D eigenvalue weighted by atomic mass is 10.2. The second kappa shape index (κ2) is 5.73. The Morgan fingerprint density at radius 3 is 2.89 bits per heavy atom. The zero-order chi connectivity index (χ0) is 13.0. The van der Waals surface area contributed by atoms with Crippen molar-refractivity contribution >= 4 is 5.91 Å². The van der Waals surface area contributed by atoms with Gasteiger partial charge in [-0.25, -0.2) is 0 Å². The van der Waals surface area contributed by atoms with Gasteiger partial charge in [0.25, 0.3) is 0 Å². The van der Waals surface area contributed by atoms with Crippen molar-refractivity contribution in [3.8, 4) is 11.5 Å². The Labute approximate surface area is 107 Å². The van der Waals surface area contributed by atoms with E-state index in [1.807, 2.05) is 24.3 Å². The van der Waals surface area contributed by atoms with E-state index in [-0.39, 0.29) is 12.0 Å². The number of rotatable bonds is 4. The minimum absolute atomic E-state index is 0.0416. The van der Waals surface area contributed by atoms with Crippen LogP contribution in [0.3, 0.4) is 0 Å². The van der Waals surface area contributed by atoms with Gasteiger partial charge in [0.1, 0.15) is 6.61 Å². The topological polar surface area (TPSA) is 50.8 Å². The molecule has 0 aliphatic carbocycles. The molecule has 98 valence electrons. The van der Waals surface area contributed by atoms with Crippen LogP contribution in [0.4, 0.5) is 0 Å². The summed E-state index contributed by atoms with van der Waals surface area (Å²) in [7, 11) is 3.52. The maximum Gasteiger partial charge on any atom is 0.236 e. The van der Waals surface area contributed by atoms with Crippen molar-refractivity contribution in [3.05, 3.63) is 24.3 Å². The van der Waals surface area contributed by atoms with Crippen LogP contribution in [0.5, 0.6) is 11.5 Å². The van der Waals surface area contributed by atoms with Gasteiger partial charge in [-0.1, -0.05) is 12.1 Å². The summed E-state index contributed by atoms with van der Waals surface area (Å²) in [6, 6.07) is 7.56. The highest BCUT2D eigenvalue weighted by Gasteiger charge is 2.23. The van der Waals surface area contributed by atoms with Crippen LogP contribution in [0.15, 0.2) is 24.3 Å². The molecule has 0 saturated heterocycles. The fourth-order valence-electron chi connectivity index (χ4n) is 1.85. The number of carbonyl (C=O) groups excluding carboxylic acids is 1. The number of carbonyl (C=O) groups is 1. The molecule has 0 radical (unpaired) electrons. The van der Waals surface area contributed by atoms with Crippen LogP contribution in [-0.2, 0) is 4.79 Å². The van der Waals surface area contributed by atoms with E-state index in [0.29, 0.717) is 19.7 Å². The van der Waals surface area contributed by atoms with Crippen LogP contribution in [0.1, 0.15) is 0 Å². The van der Waals surface area contributed by atoms with Gasteiger partial charge < -0.3 is 19.7 Å². The van der Waals surface area contributed by atoms with E-state index in [4.69, 9.17) is 9.47 Å². The normalized spacial score (nSPS) is 17.3. The van der Waals surface area contributed by atoms with Crippen molar-refractivity contribution in [1.29, 1.82) is 0 Å². The SMILES string of the molecule is CNCC(=O)N(C)C[C@H]1COc2ccccc2O1. The van der Waals surface area contributed by atoms with Crippen molar-refractivity contribution in [3.63, 3.8) is 0 Å². The molecule has 0 fully saturated rings. The molecule has 1 N–H and O–H groups in total. The monoisotopic (exact) mass is 250 g/mol. The molecule has 2 rings (SSSR count). The number of para-hydroxylation sites is 2. The third kappa shape index (κ3) is 2.92. The molecule has 1 atom stereocenters. The first kappa shape index (κ1) is 12.7. The molecule has 0 bridgehead atoms. The quantitative estimate of drug-likeness (QED) is 0.845. The number of hydrogen-bond donors (Lipinski definition) is 1. The molecule has 0 saturated carbocycles. The predicted octanol–water partition coefficient (Wildman–Crippen LogP) is 0.504. The van der Waals surface area contributed by atoms with Gasteiger partial charge >= 0.3 is 0 Å². The van der Waals surface area contributed by atoms with E-state index in [1.54, 1.807) is 19.0 Å². The summed E-state index contributed by atoms with van der Waals surface area (Å²) < 4.78 is 11.4. The standard InChI is InChI=1S/C13H18N2O3/c1-14-7-13(16)15(2)8-10-9-17-11-5-3-4-6-12(11)18-10/h3-6,10,14H,7-9H2,1-2H3/t10-/m0/s1. The summed E-state index contributed by atoms with van der Waals surface area (Å²) in [5.74, 6) is 1.54. The van der Waals surface area contributed by atoms with Gasteiger partial charge in [-0.3, -0.25) is 4.79 Å². The fraction of sp³-hybridized carbons (Fsp3) is 0.462. The molecular formula is C13H18N2O3. The molecule has 1 aromatic carbocycles. The first-order valence-electron chi connectivity index (χ1n) is 5.97. The predicted molar refractivity (Wildman–Crippen MR) is 67.9 cm³/mol. The lowest BCUT2D eigenvalue weighted by Gasteiger charge is -2.29. The second-order valence-electron chi connectivity index (χ2n) is 4.30. The van der Waals surface area contributed by atoms with Crippen molar-refractivity contribution < 1.29 is 14.3 Å². The summed E-state index contributed by atoms with van der Waals surface area (Å²) in [6.45, 7) is 1.32. The largest absolute Gasteiger partial charge is 0.486 e. The average molecular weight is 250 g/mol. The molecule has 5 heteroatoms. The molecule has 18 heavy (non-hydrogen) atoms. The van der Waals surface area contributed by atoms with Gasteiger partial charge in [0.05, 0.1) is 13.1 Å². The lowest BCUT2D eigenvalue weighted by Crippen LogP contribution is -2.44. The molecule has 0 spiro atoms. The summed E-state index contributed by atoms with van der Waals surface area (Å²) in [5, 5.41) is 2.84. The number of nitrogens with one attached hydrogen (secondary N) is 1. The van der Waals surface area contributed by atoms with Gasteiger partial charge in [-0.2, -0.15) is 0 Å². The molecule has 5 nitrogen and oxygen atoms in total. The summed E-state index contributed by atoms with van der Waals surface area (Å²) in [6.07, 6.45) is -0.120. The summed E-state index contributed by atoms with van der Waals surface area (Å²) in [5.41, 5.74) is 0. The highest BCUT2D eigenvalue weighted by Crippen LogP contribution is 2.30. The molecule has 0 aromatic heterocycles. The van der Waals surface area contributed by atoms with Gasteiger partial charge in [0.2, 0.25) is 5.91 Å². The first-order chi connectivity index (χ1) is 8.70. The minimum Gasteiger partial charge on any atom is -0.486 e. The van der Waals surface area contributed by atoms with Crippen LogP contribution in [-0.4, -0.2) is 50.7 Å². The zero-order valence-corrected chi connectivity index (χ0v) is 10.7. The molecule has 0 unspecified atom stereocenters. The fourth-order valence-corrected chi connectivity index (χ4v) is 1.85. The van der Waals surface area contributed by atoms with E-state index in [2.05, 4.69) is 5.32 Å². The molecular weight excluding hydrogens is 232 g/mol. The minimum atomic E-state index is -0.120. The third-order valence-electron chi connectivity index (χ3n) is 2.80. The van der Waals surface area contributed by atoms with Gasteiger partial charge in [0.15, 0.2) is 17.6 Å². The number of benzene rings is 1. The molecule has 1 aliphatic heterocycles.